The van der Waals surface area contributed by atoms with E-state index in [-0.39, 0.29) is 22.0 Å². The van der Waals surface area contributed by atoms with Crippen LogP contribution in [0.4, 0.5) is 14.5 Å². The fourth-order valence-electron chi connectivity index (χ4n) is 2.38. The molecule has 0 unspecified atom stereocenters. The zero-order valence-corrected chi connectivity index (χ0v) is 12.2. The number of nitrogens with one attached hydrogen (secondary N) is 1. The molecule has 0 bridgehead atoms. The van der Waals surface area contributed by atoms with Crippen molar-refractivity contribution >= 4 is 23.2 Å². The van der Waals surface area contributed by atoms with Gasteiger partial charge in [-0.05, 0) is 42.7 Å². The number of amides is 1. The van der Waals surface area contributed by atoms with Gasteiger partial charge in [0.25, 0.3) is 5.91 Å². The highest BCUT2D eigenvalue weighted by atomic mass is 35.5. The van der Waals surface area contributed by atoms with Crippen molar-refractivity contribution in [2.45, 2.75) is 12.8 Å². The Hall–Kier alpha value is -2.14. The van der Waals surface area contributed by atoms with E-state index < -0.39 is 17.5 Å². The standard InChI is InChI=1S/C16H12ClF2NO2/c17-11-8-10(4-6-12(11)18)20-16(21)14-13(19)5-3-9-2-1-7-22-15(9)14/h3-6,8H,1-2,7H2,(H,20,21). The molecule has 3 nitrogen and oxygen atoms in total. The summed E-state index contributed by atoms with van der Waals surface area (Å²) in [6, 6.07) is 6.62. The van der Waals surface area contributed by atoms with E-state index in [2.05, 4.69) is 5.32 Å². The maximum Gasteiger partial charge on any atom is 0.262 e. The molecule has 0 fully saturated rings. The van der Waals surface area contributed by atoms with Gasteiger partial charge in [-0.1, -0.05) is 17.7 Å². The maximum atomic E-state index is 14.0. The lowest BCUT2D eigenvalue weighted by Gasteiger charge is -2.20. The van der Waals surface area contributed by atoms with Crippen molar-refractivity contribution in [1.82, 2.24) is 0 Å². The zero-order valence-electron chi connectivity index (χ0n) is 11.5. The molecule has 6 heteroatoms. The molecule has 0 radical (unpaired) electrons. The van der Waals surface area contributed by atoms with Crippen LogP contribution in [0.5, 0.6) is 5.75 Å². The summed E-state index contributed by atoms with van der Waals surface area (Å²) < 4.78 is 32.6. The van der Waals surface area contributed by atoms with Crippen LogP contribution in [0.25, 0.3) is 0 Å². The molecule has 0 saturated carbocycles. The van der Waals surface area contributed by atoms with Crippen LogP contribution in [-0.4, -0.2) is 12.5 Å². The van der Waals surface area contributed by atoms with E-state index >= 15 is 0 Å². The molecule has 114 valence electrons. The predicted octanol–water partition coefficient (Wildman–Crippen LogP) is 4.20. The first-order chi connectivity index (χ1) is 10.6. The Labute approximate surface area is 130 Å². The number of benzene rings is 2. The van der Waals surface area contributed by atoms with Crippen molar-refractivity contribution in [2.75, 3.05) is 11.9 Å². The molecule has 0 aromatic heterocycles. The summed E-state index contributed by atoms with van der Waals surface area (Å²) in [7, 11) is 0. The number of rotatable bonds is 2. The molecule has 1 N–H and O–H groups in total. The molecule has 3 rings (SSSR count). The van der Waals surface area contributed by atoms with Gasteiger partial charge in [0.2, 0.25) is 0 Å². The number of fused-ring (bicyclic) bond motifs is 1. The van der Waals surface area contributed by atoms with Crippen molar-refractivity contribution in [3.63, 3.8) is 0 Å². The van der Waals surface area contributed by atoms with Gasteiger partial charge in [-0.3, -0.25) is 4.79 Å². The van der Waals surface area contributed by atoms with Gasteiger partial charge in [-0.25, -0.2) is 8.78 Å². The normalized spacial score (nSPS) is 13.2. The van der Waals surface area contributed by atoms with Gasteiger partial charge in [0.1, 0.15) is 22.9 Å². The summed E-state index contributed by atoms with van der Waals surface area (Å²) >= 11 is 5.66. The van der Waals surface area contributed by atoms with Gasteiger partial charge in [0.05, 0.1) is 11.6 Å². The molecule has 1 amide bonds. The van der Waals surface area contributed by atoms with E-state index in [1.165, 1.54) is 18.2 Å². The van der Waals surface area contributed by atoms with Gasteiger partial charge < -0.3 is 10.1 Å². The molecule has 2 aromatic carbocycles. The number of hydrogen-bond donors (Lipinski definition) is 1. The first kappa shape index (κ1) is 14.8. The Balaban J connectivity index is 1.93. The van der Waals surface area contributed by atoms with Crippen LogP contribution >= 0.6 is 11.6 Å². The molecule has 0 aliphatic carbocycles. The number of carbonyl (C=O) groups is 1. The molecule has 0 spiro atoms. The molecule has 1 heterocycles. The highest BCUT2D eigenvalue weighted by molar-refractivity contribution is 6.31. The third kappa shape index (κ3) is 2.76. The van der Waals surface area contributed by atoms with Crippen LogP contribution in [0, 0.1) is 11.6 Å². The van der Waals surface area contributed by atoms with E-state index in [9.17, 15) is 13.6 Å². The topological polar surface area (TPSA) is 38.3 Å². The lowest BCUT2D eigenvalue weighted by Crippen LogP contribution is -2.19. The van der Waals surface area contributed by atoms with Crippen LogP contribution < -0.4 is 10.1 Å². The van der Waals surface area contributed by atoms with E-state index in [1.54, 1.807) is 6.07 Å². The quantitative estimate of drug-likeness (QED) is 0.899. The highest BCUT2D eigenvalue weighted by Gasteiger charge is 2.23. The number of anilines is 1. The predicted molar refractivity (Wildman–Crippen MR) is 79.6 cm³/mol. The Morgan fingerprint density at radius 1 is 1.18 bits per heavy atom. The van der Waals surface area contributed by atoms with Crippen LogP contribution in [0.15, 0.2) is 30.3 Å². The van der Waals surface area contributed by atoms with Crippen LogP contribution in [0.3, 0.4) is 0 Å². The molecule has 2 aromatic rings. The summed E-state index contributed by atoms with van der Waals surface area (Å²) in [6.07, 6.45) is 1.56. The lowest BCUT2D eigenvalue weighted by atomic mass is 10.0. The fraction of sp³-hybridized carbons (Fsp3) is 0.188. The molecule has 22 heavy (non-hydrogen) atoms. The lowest BCUT2D eigenvalue weighted by molar-refractivity contribution is 0.101. The van der Waals surface area contributed by atoms with E-state index in [1.807, 2.05) is 0 Å². The number of halogens is 3. The second-order valence-corrected chi connectivity index (χ2v) is 5.35. The van der Waals surface area contributed by atoms with Gasteiger partial charge in [-0.15, -0.1) is 0 Å². The van der Waals surface area contributed by atoms with Gasteiger partial charge in [0.15, 0.2) is 0 Å². The Morgan fingerprint density at radius 2 is 1.95 bits per heavy atom. The van der Waals surface area contributed by atoms with E-state index in [0.29, 0.717) is 6.61 Å². The molecule has 0 saturated heterocycles. The number of carbonyl (C=O) groups excluding carboxylic acids is 1. The van der Waals surface area contributed by atoms with E-state index in [0.717, 1.165) is 24.5 Å². The van der Waals surface area contributed by atoms with Crippen molar-refractivity contribution in [3.05, 3.63) is 58.1 Å². The average Bonchev–Trinajstić information content (AvgIpc) is 2.50. The number of hydrogen-bond acceptors (Lipinski definition) is 2. The van der Waals surface area contributed by atoms with Crippen molar-refractivity contribution < 1.29 is 18.3 Å². The molecule has 1 aliphatic heterocycles. The Morgan fingerprint density at radius 3 is 2.73 bits per heavy atom. The Kier molecular flexibility index (Phi) is 3.98. The van der Waals surface area contributed by atoms with Gasteiger partial charge >= 0.3 is 0 Å². The van der Waals surface area contributed by atoms with Gasteiger partial charge in [-0.2, -0.15) is 0 Å². The van der Waals surface area contributed by atoms with Crippen molar-refractivity contribution in [1.29, 1.82) is 0 Å². The summed E-state index contributed by atoms with van der Waals surface area (Å²) in [5.74, 6) is -1.63. The first-order valence-corrected chi connectivity index (χ1v) is 7.14. The minimum absolute atomic E-state index is 0.121. The Bertz CT molecular complexity index is 749. The molecule has 1 aliphatic rings. The average molecular weight is 324 g/mol. The van der Waals surface area contributed by atoms with Crippen LogP contribution in [0.2, 0.25) is 5.02 Å². The largest absolute Gasteiger partial charge is 0.492 e. The van der Waals surface area contributed by atoms with E-state index in [4.69, 9.17) is 16.3 Å². The van der Waals surface area contributed by atoms with Gasteiger partial charge in [0, 0.05) is 5.69 Å². The second-order valence-electron chi connectivity index (χ2n) is 4.95. The summed E-state index contributed by atoms with van der Waals surface area (Å²) in [5.41, 5.74) is 0.941. The first-order valence-electron chi connectivity index (χ1n) is 6.77. The maximum absolute atomic E-state index is 14.0. The highest BCUT2D eigenvalue weighted by Crippen LogP contribution is 2.31. The van der Waals surface area contributed by atoms with Crippen molar-refractivity contribution in [2.24, 2.45) is 0 Å². The summed E-state index contributed by atoms with van der Waals surface area (Å²) in [6.45, 7) is 0.444. The van der Waals surface area contributed by atoms with Crippen LogP contribution in [0.1, 0.15) is 22.3 Å². The molecular weight excluding hydrogens is 312 g/mol. The molecular formula is C16H12ClF2NO2. The zero-order chi connectivity index (χ0) is 15.7. The third-order valence-electron chi connectivity index (χ3n) is 3.43. The fourth-order valence-corrected chi connectivity index (χ4v) is 2.56. The third-order valence-corrected chi connectivity index (χ3v) is 3.72. The minimum Gasteiger partial charge on any atom is -0.492 e. The second kappa shape index (κ2) is 5.93. The monoisotopic (exact) mass is 323 g/mol. The number of ether oxygens (including phenoxy) is 1. The minimum atomic E-state index is -0.661. The smallest absolute Gasteiger partial charge is 0.262 e. The number of aryl methyl sites for hydroxylation is 1. The summed E-state index contributed by atoms with van der Waals surface area (Å²) in [4.78, 5) is 12.3. The van der Waals surface area contributed by atoms with Crippen LogP contribution in [-0.2, 0) is 6.42 Å². The molecule has 0 atom stereocenters. The SMILES string of the molecule is O=C(Nc1ccc(F)c(Cl)c1)c1c(F)ccc2c1OCCC2. The summed E-state index contributed by atoms with van der Waals surface area (Å²) in [5, 5.41) is 2.39. The van der Waals surface area contributed by atoms with Crippen molar-refractivity contribution in [3.8, 4) is 5.75 Å².